The molecule has 1 amide bonds. The van der Waals surface area contributed by atoms with Crippen LogP contribution >= 0.6 is 0 Å². The fraction of sp³-hybridized carbons (Fsp3) is 0.588. The first-order valence-corrected chi connectivity index (χ1v) is 7.90. The van der Waals surface area contributed by atoms with Gasteiger partial charge in [0.2, 0.25) is 5.91 Å². The molecule has 1 aromatic rings. The van der Waals surface area contributed by atoms with Crippen LogP contribution in [-0.2, 0) is 16.0 Å². The Morgan fingerprint density at radius 3 is 2.57 bits per heavy atom. The van der Waals surface area contributed by atoms with Crippen LogP contribution in [-0.4, -0.2) is 35.6 Å². The van der Waals surface area contributed by atoms with E-state index in [2.05, 4.69) is 43.4 Å². The average Bonchev–Trinajstić information content (AvgIpc) is 3.03. The van der Waals surface area contributed by atoms with Crippen LogP contribution in [0.2, 0.25) is 0 Å². The lowest BCUT2D eigenvalue weighted by Crippen LogP contribution is -2.43. The van der Waals surface area contributed by atoms with Crippen LogP contribution in [0.1, 0.15) is 44.5 Å². The number of hydrogen-bond acceptors (Lipinski definition) is 3. The Morgan fingerprint density at radius 2 is 2.00 bits per heavy atom. The lowest BCUT2D eigenvalue weighted by Gasteiger charge is -2.32. The first kappa shape index (κ1) is 14.5. The number of carbonyl (C=O) groups excluding carboxylic acids is 1. The Labute approximate surface area is 126 Å². The van der Waals surface area contributed by atoms with Gasteiger partial charge in [-0.1, -0.05) is 31.2 Å². The quantitative estimate of drug-likeness (QED) is 0.927. The summed E-state index contributed by atoms with van der Waals surface area (Å²) in [5, 5.41) is 3.43. The van der Waals surface area contributed by atoms with Crippen LogP contribution in [0.5, 0.6) is 0 Å². The summed E-state index contributed by atoms with van der Waals surface area (Å²) in [6, 6.07) is 8.61. The van der Waals surface area contributed by atoms with E-state index in [0.29, 0.717) is 0 Å². The standard InChI is InChI=1S/C17H24N2O2/c1-4-13-5-7-14(8-6-13)16-18-11(2)17(20)19(16)15-9-10-21-12(15)3/h5-8,11-12,15-16,18H,4,9-10H2,1-3H3. The molecule has 2 aliphatic rings. The average molecular weight is 288 g/mol. The fourth-order valence-corrected chi connectivity index (χ4v) is 3.37. The minimum Gasteiger partial charge on any atom is -0.376 e. The minimum absolute atomic E-state index is 0.0347. The van der Waals surface area contributed by atoms with Crippen LogP contribution in [0.25, 0.3) is 0 Å². The van der Waals surface area contributed by atoms with Crippen LogP contribution < -0.4 is 5.32 Å². The zero-order valence-corrected chi connectivity index (χ0v) is 13.0. The monoisotopic (exact) mass is 288 g/mol. The van der Waals surface area contributed by atoms with Crippen molar-refractivity contribution in [3.63, 3.8) is 0 Å². The topological polar surface area (TPSA) is 41.6 Å². The molecule has 114 valence electrons. The molecule has 3 rings (SSSR count). The van der Waals surface area contributed by atoms with Gasteiger partial charge in [-0.2, -0.15) is 0 Å². The summed E-state index contributed by atoms with van der Waals surface area (Å²) in [4.78, 5) is 14.6. The van der Waals surface area contributed by atoms with Gasteiger partial charge >= 0.3 is 0 Å². The second kappa shape index (κ2) is 5.78. The number of hydrogen-bond donors (Lipinski definition) is 1. The van der Waals surface area contributed by atoms with Gasteiger partial charge in [-0.3, -0.25) is 10.1 Å². The molecule has 0 spiro atoms. The highest BCUT2D eigenvalue weighted by atomic mass is 16.5. The van der Waals surface area contributed by atoms with Crippen molar-refractivity contribution < 1.29 is 9.53 Å². The number of ether oxygens (including phenoxy) is 1. The zero-order chi connectivity index (χ0) is 15.0. The number of amides is 1. The fourth-order valence-electron chi connectivity index (χ4n) is 3.37. The van der Waals surface area contributed by atoms with Gasteiger partial charge in [0.25, 0.3) is 0 Å². The molecule has 2 heterocycles. The van der Waals surface area contributed by atoms with E-state index in [4.69, 9.17) is 4.74 Å². The largest absolute Gasteiger partial charge is 0.376 e. The van der Waals surface area contributed by atoms with Crippen molar-refractivity contribution in [2.45, 2.75) is 58.0 Å². The van der Waals surface area contributed by atoms with E-state index in [0.717, 1.165) is 25.0 Å². The van der Waals surface area contributed by atoms with Gasteiger partial charge in [0.1, 0.15) is 6.17 Å². The zero-order valence-electron chi connectivity index (χ0n) is 13.0. The number of carbonyl (C=O) groups is 1. The van der Waals surface area contributed by atoms with Crippen LogP contribution in [0.15, 0.2) is 24.3 Å². The third-order valence-electron chi connectivity index (χ3n) is 4.71. The Bertz CT molecular complexity index is 514. The summed E-state index contributed by atoms with van der Waals surface area (Å²) in [6.07, 6.45) is 2.03. The Balaban J connectivity index is 1.89. The van der Waals surface area contributed by atoms with Crippen LogP contribution in [0.3, 0.4) is 0 Å². The van der Waals surface area contributed by atoms with Crippen molar-refractivity contribution in [3.05, 3.63) is 35.4 Å². The van der Waals surface area contributed by atoms with Crippen molar-refractivity contribution >= 4 is 5.91 Å². The summed E-state index contributed by atoms with van der Waals surface area (Å²) in [5.41, 5.74) is 2.48. The molecule has 4 nitrogen and oxygen atoms in total. The Kier molecular flexibility index (Phi) is 4.00. The molecule has 2 fully saturated rings. The molecular formula is C17H24N2O2. The van der Waals surface area contributed by atoms with Crippen molar-refractivity contribution in [1.29, 1.82) is 0 Å². The highest BCUT2D eigenvalue weighted by Crippen LogP contribution is 2.32. The molecule has 4 heteroatoms. The van der Waals surface area contributed by atoms with Crippen LogP contribution in [0, 0.1) is 0 Å². The third-order valence-corrected chi connectivity index (χ3v) is 4.71. The van der Waals surface area contributed by atoms with Gasteiger partial charge in [-0.05, 0) is 37.8 Å². The van der Waals surface area contributed by atoms with Gasteiger partial charge in [0.05, 0.1) is 18.2 Å². The highest BCUT2D eigenvalue weighted by molar-refractivity contribution is 5.84. The SMILES string of the molecule is CCc1ccc(C2NC(C)C(=O)N2C2CCOC2C)cc1. The molecular weight excluding hydrogens is 264 g/mol. The minimum atomic E-state index is -0.131. The summed E-state index contributed by atoms with van der Waals surface area (Å²) < 4.78 is 5.66. The normalized spacial score (nSPS) is 32.9. The second-order valence-corrected chi connectivity index (χ2v) is 6.06. The summed E-state index contributed by atoms with van der Waals surface area (Å²) in [7, 11) is 0. The molecule has 1 N–H and O–H groups in total. The van der Waals surface area contributed by atoms with Crippen molar-refractivity contribution in [3.8, 4) is 0 Å². The number of aryl methyl sites for hydroxylation is 1. The van der Waals surface area contributed by atoms with E-state index >= 15 is 0 Å². The van der Waals surface area contributed by atoms with Crippen molar-refractivity contribution in [1.82, 2.24) is 10.2 Å². The molecule has 2 aliphatic heterocycles. The van der Waals surface area contributed by atoms with Gasteiger partial charge in [-0.25, -0.2) is 0 Å². The lowest BCUT2D eigenvalue weighted by molar-refractivity contribution is -0.133. The predicted molar refractivity (Wildman–Crippen MR) is 81.8 cm³/mol. The van der Waals surface area contributed by atoms with E-state index in [1.54, 1.807) is 0 Å². The Morgan fingerprint density at radius 1 is 1.29 bits per heavy atom. The second-order valence-electron chi connectivity index (χ2n) is 6.06. The first-order valence-electron chi connectivity index (χ1n) is 7.90. The maximum atomic E-state index is 12.6. The van der Waals surface area contributed by atoms with E-state index in [1.807, 2.05) is 11.8 Å². The Hall–Kier alpha value is -1.39. The predicted octanol–water partition coefficient (Wildman–Crippen LogP) is 2.25. The number of rotatable bonds is 3. The number of nitrogens with one attached hydrogen (secondary N) is 1. The van der Waals surface area contributed by atoms with Gasteiger partial charge in [0.15, 0.2) is 0 Å². The molecule has 0 saturated carbocycles. The van der Waals surface area contributed by atoms with Crippen molar-refractivity contribution in [2.24, 2.45) is 0 Å². The van der Waals surface area contributed by atoms with E-state index in [-0.39, 0.29) is 30.3 Å². The van der Waals surface area contributed by atoms with Gasteiger partial charge in [-0.15, -0.1) is 0 Å². The number of nitrogens with zero attached hydrogens (tertiary/aromatic N) is 1. The molecule has 0 radical (unpaired) electrons. The summed E-state index contributed by atoms with van der Waals surface area (Å²) in [5.74, 6) is 0.182. The van der Waals surface area contributed by atoms with E-state index < -0.39 is 0 Å². The lowest BCUT2D eigenvalue weighted by atomic mass is 10.0. The van der Waals surface area contributed by atoms with Gasteiger partial charge in [0, 0.05) is 6.61 Å². The summed E-state index contributed by atoms with van der Waals surface area (Å²) in [6.45, 7) is 6.89. The molecule has 2 saturated heterocycles. The molecule has 4 atom stereocenters. The smallest absolute Gasteiger partial charge is 0.241 e. The van der Waals surface area contributed by atoms with E-state index in [9.17, 15) is 4.79 Å². The maximum absolute atomic E-state index is 12.6. The first-order chi connectivity index (χ1) is 10.1. The molecule has 1 aromatic carbocycles. The van der Waals surface area contributed by atoms with Crippen molar-refractivity contribution in [2.75, 3.05) is 6.61 Å². The van der Waals surface area contributed by atoms with Crippen LogP contribution in [0.4, 0.5) is 0 Å². The maximum Gasteiger partial charge on any atom is 0.241 e. The third kappa shape index (κ3) is 2.58. The molecule has 21 heavy (non-hydrogen) atoms. The van der Waals surface area contributed by atoms with Gasteiger partial charge < -0.3 is 9.64 Å². The molecule has 0 aromatic heterocycles. The molecule has 0 aliphatic carbocycles. The molecule has 0 bridgehead atoms. The highest BCUT2D eigenvalue weighted by Gasteiger charge is 2.44. The summed E-state index contributed by atoms with van der Waals surface area (Å²) >= 11 is 0. The number of benzene rings is 1. The van der Waals surface area contributed by atoms with E-state index in [1.165, 1.54) is 5.56 Å². The molecule has 4 unspecified atom stereocenters.